The van der Waals surface area contributed by atoms with E-state index in [9.17, 15) is 14.4 Å². The van der Waals surface area contributed by atoms with Crippen LogP contribution in [0, 0.1) is 0 Å². The van der Waals surface area contributed by atoms with Crippen molar-refractivity contribution >= 4 is 44.9 Å². The predicted molar refractivity (Wildman–Crippen MR) is 114 cm³/mol. The van der Waals surface area contributed by atoms with E-state index in [1.807, 2.05) is 23.6 Å². The Hall–Kier alpha value is -3.78. The van der Waals surface area contributed by atoms with Crippen molar-refractivity contribution in [2.75, 3.05) is 10.6 Å². The molecule has 0 fully saturated rings. The minimum Gasteiger partial charge on any atom is -0.326 e. The highest BCUT2D eigenvalue weighted by atomic mass is 32.1. The zero-order valence-electron chi connectivity index (χ0n) is 15.4. The van der Waals surface area contributed by atoms with E-state index in [2.05, 4.69) is 20.6 Å². The van der Waals surface area contributed by atoms with Gasteiger partial charge < -0.3 is 10.3 Å². The number of nitrogens with one attached hydrogen (secondary N) is 3. The Bertz CT molecular complexity index is 1280. The van der Waals surface area contributed by atoms with E-state index >= 15 is 0 Å². The number of aromatic amines is 1. The van der Waals surface area contributed by atoms with Gasteiger partial charge in [0.05, 0.1) is 11.3 Å². The maximum absolute atomic E-state index is 12.7. The molecular formula is C21H16N4O3S. The highest BCUT2D eigenvalue weighted by Crippen LogP contribution is 2.26. The fourth-order valence-electron chi connectivity index (χ4n) is 2.95. The summed E-state index contributed by atoms with van der Waals surface area (Å²) in [6, 6.07) is 15.7. The van der Waals surface area contributed by atoms with Crippen molar-refractivity contribution in [1.29, 1.82) is 0 Å². The lowest BCUT2D eigenvalue weighted by molar-refractivity contribution is -0.114. The Morgan fingerprint density at radius 2 is 1.79 bits per heavy atom. The quantitative estimate of drug-likeness (QED) is 0.480. The van der Waals surface area contributed by atoms with Gasteiger partial charge in [-0.05, 0) is 18.2 Å². The monoisotopic (exact) mass is 404 g/mol. The largest absolute Gasteiger partial charge is 0.326 e. The summed E-state index contributed by atoms with van der Waals surface area (Å²) in [6.07, 6.45) is 0. The summed E-state index contributed by atoms with van der Waals surface area (Å²) in [6.45, 7) is 1.45. The SMILES string of the molecule is CC(=O)Nc1ccc(-c2csc(NC(=O)c3cc(=O)[nH]c4ccccc34)n2)cc1. The molecule has 0 saturated heterocycles. The topological polar surface area (TPSA) is 104 Å². The molecule has 2 aromatic carbocycles. The molecule has 2 amide bonds. The van der Waals surface area contributed by atoms with Gasteiger partial charge in [-0.25, -0.2) is 4.98 Å². The number of hydrogen-bond donors (Lipinski definition) is 3. The Kier molecular flexibility index (Phi) is 4.92. The number of pyridine rings is 1. The molecule has 0 atom stereocenters. The lowest BCUT2D eigenvalue weighted by atomic mass is 10.1. The van der Waals surface area contributed by atoms with Gasteiger partial charge in [-0.1, -0.05) is 30.3 Å². The van der Waals surface area contributed by atoms with Crippen LogP contribution >= 0.6 is 11.3 Å². The summed E-state index contributed by atoms with van der Waals surface area (Å²) in [4.78, 5) is 42.9. The summed E-state index contributed by atoms with van der Waals surface area (Å²) in [5.74, 6) is -0.530. The fourth-order valence-corrected chi connectivity index (χ4v) is 3.66. The van der Waals surface area contributed by atoms with Crippen LogP contribution in [0.1, 0.15) is 17.3 Å². The van der Waals surface area contributed by atoms with Crippen LogP contribution < -0.4 is 16.2 Å². The highest BCUT2D eigenvalue weighted by molar-refractivity contribution is 7.14. The van der Waals surface area contributed by atoms with Crippen molar-refractivity contribution in [3.63, 3.8) is 0 Å². The number of aromatic nitrogens is 2. The normalized spacial score (nSPS) is 10.7. The number of carbonyl (C=O) groups is 2. The molecule has 0 unspecified atom stereocenters. The van der Waals surface area contributed by atoms with Gasteiger partial charge in [0.25, 0.3) is 5.91 Å². The molecule has 3 N–H and O–H groups in total. The molecule has 29 heavy (non-hydrogen) atoms. The Labute approximate surface area is 169 Å². The number of anilines is 2. The van der Waals surface area contributed by atoms with Gasteiger partial charge in [0, 0.05) is 40.5 Å². The first kappa shape index (κ1) is 18.6. The number of para-hydroxylation sites is 1. The lowest BCUT2D eigenvalue weighted by Crippen LogP contribution is -2.16. The molecule has 0 aliphatic heterocycles. The van der Waals surface area contributed by atoms with Crippen LogP contribution in [0.4, 0.5) is 10.8 Å². The van der Waals surface area contributed by atoms with Crippen LogP contribution in [-0.2, 0) is 4.79 Å². The van der Waals surface area contributed by atoms with Crippen molar-refractivity contribution in [2.45, 2.75) is 6.92 Å². The first-order chi connectivity index (χ1) is 14.0. The van der Waals surface area contributed by atoms with E-state index in [1.54, 1.807) is 30.3 Å². The van der Waals surface area contributed by atoms with Gasteiger partial charge in [0.1, 0.15) is 0 Å². The zero-order valence-corrected chi connectivity index (χ0v) is 16.2. The molecule has 0 aliphatic rings. The standard InChI is InChI=1S/C21H16N4O3S/c1-12(26)22-14-8-6-13(7-9-14)18-11-29-21(24-18)25-20(28)16-10-19(27)23-17-5-3-2-4-15(16)17/h2-11H,1H3,(H,22,26)(H,23,27)(H,24,25,28). The van der Waals surface area contributed by atoms with Gasteiger partial charge in [-0.2, -0.15) is 0 Å². The summed E-state index contributed by atoms with van der Waals surface area (Å²) in [5.41, 5.74) is 2.82. The number of benzene rings is 2. The third-order valence-corrected chi connectivity index (χ3v) is 4.98. The van der Waals surface area contributed by atoms with Crippen LogP contribution in [0.3, 0.4) is 0 Å². The maximum Gasteiger partial charge on any atom is 0.258 e. The third kappa shape index (κ3) is 4.07. The lowest BCUT2D eigenvalue weighted by Gasteiger charge is -2.05. The number of nitrogens with zero attached hydrogens (tertiary/aromatic N) is 1. The number of amides is 2. The van der Waals surface area contributed by atoms with Crippen LogP contribution in [0.15, 0.2) is 64.8 Å². The van der Waals surface area contributed by atoms with Crippen molar-refractivity contribution < 1.29 is 9.59 Å². The molecular weight excluding hydrogens is 388 g/mol. The second-order valence-electron chi connectivity index (χ2n) is 6.34. The number of H-pyrrole nitrogens is 1. The molecule has 7 nitrogen and oxygen atoms in total. The van der Waals surface area contributed by atoms with Crippen molar-refractivity contribution in [1.82, 2.24) is 9.97 Å². The number of rotatable bonds is 4. The molecule has 2 heterocycles. The maximum atomic E-state index is 12.7. The van der Waals surface area contributed by atoms with Crippen LogP contribution in [0.25, 0.3) is 22.2 Å². The minimum absolute atomic E-state index is 0.135. The first-order valence-corrected chi connectivity index (χ1v) is 9.64. The molecule has 4 rings (SSSR count). The first-order valence-electron chi connectivity index (χ1n) is 8.76. The summed E-state index contributed by atoms with van der Waals surface area (Å²) < 4.78 is 0. The molecule has 0 radical (unpaired) electrons. The van der Waals surface area contributed by atoms with E-state index in [1.165, 1.54) is 24.3 Å². The van der Waals surface area contributed by atoms with Crippen LogP contribution in [0.5, 0.6) is 0 Å². The van der Waals surface area contributed by atoms with Gasteiger partial charge in [0.2, 0.25) is 11.5 Å². The minimum atomic E-state index is -0.394. The number of fused-ring (bicyclic) bond motifs is 1. The Morgan fingerprint density at radius 1 is 1.03 bits per heavy atom. The molecule has 144 valence electrons. The molecule has 0 spiro atoms. The molecule has 0 bridgehead atoms. The van der Waals surface area contributed by atoms with E-state index in [4.69, 9.17) is 0 Å². The van der Waals surface area contributed by atoms with E-state index in [-0.39, 0.29) is 11.5 Å². The van der Waals surface area contributed by atoms with Crippen molar-refractivity contribution in [3.05, 3.63) is 75.9 Å². The highest BCUT2D eigenvalue weighted by Gasteiger charge is 2.14. The fraction of sp³-hybridized carbons (Fsp3) is 0.0476. The van der Waals surface area contributed by atoms with Gasteiger partial charge in [-0.3, -0.25) is 19.7 Å². The van der Waals surface area contributed by atoms with Crippen molar-refractivity contribution in [3.8, 4) is 11.3 Å². The van der Waals surface area contributed by atoms with Gasteiger partial charge in [0.15, 0.2) is 5.13 Å². The molecule has 0 aliphatic carbocycles. The smallest absolute Gasteiger partial charge is 0.258 e. The molecule has 4 aromatic rings. The Balaban J connectivity index is 1.56. The van der Waals surface area contributed by atoms with Gasteiger partial charge in [-0.15, -0.1) is 11.3 Å². The average Bonchev–Trinajstić information content (AvgIpc) is 3.15. The van der Waals surface area contributed by atoms with E-state index in [0.717, 1.165) is 5.56 Å². The molecule has 2 aromatic heterocycles. The average molecular weight is 404 g/mol. The number of thiazole rings is 1. The summed E-state index contributed by atoms with van der Waals surface area (Å²) >= 11 is 1.29. The van der Waals surface area contributed by atoms with Crippen molar-refractivity contribution in [2.24, 2.45) is 0 Å². The Morgan fingerprint density at radius 3 is 2.55 bits per heavy atom. The second kappa shape index (κ2) is 7.69. The van der Waals surface area contributed by atoms with Crippen LogP contribution in [0.2, 0.25) is 0 Å². The number of carbonyl (C=O) groups excluding carboxylic acids is 2. The molecule has 8 heteroatoms. The van der Waals surface area contributed by atoms with Gasteiger partial charge >= 0.3 is 0 Å². The van der Waals surface area contributed by atoms with Crippen LogP contribution in [-0.4, -0.2) is 21.8 Å². The third-order valence-electron chi connectivity index (χ3n) is 4.22. The molecule has 0 saturated carbocycles. The number of hydrogen-bond acceptors (Lipinski definition) is 5. The second-order valence-corrected chi connectivity index (χ2v) is 7.20. The summed E-state index contributed by atoms with van der Waals surface area (Å²) in [5, 5.41) is 8.40. The summed E-state index contributed by atoms with van der Waals surface area (Å²) in [7, 11) is 0. The predicted octanol–water partition coefficient (Wildman–Crippen LogP) is 3.86. The van der Waals surface area contributed by atoms with E-state index < -0.39 is 5.91 Å². The zero-order chi connectivity index (χ0) is 20.4. The van der Waals surface area contributed by atoms with E-state index in [0.29, 0.717) is 33.0 Å².